The lowest BCUT2D eigenvalue weighted by Gasteiger charge is -2.33. The fraction of sp³-hybridized carbons (Fsp3) is 0.609. The van der Waals surface area contributed by atoms with Crippen LogP contribution in [-0.2, 0) is 62.4 Å². The van der Waals surface area contributed by atoms with Gasteiger partial charge in [0.2, 0.25) is 23.6 Å². The van der Waals surface area contributed by atoms with Crippen molar-refractivity contribution < 1.29 is 53.4 Å². The van der Waals surface area contributed by atoms with Crippen molar-refractivity contribution in [3.63, 3.8) is 0 Å². The zero-order valence-corrected chi connectivity index (χ0v) is 55.4. The van der Waals surface area contributed by atoms with Crippen LogP contribution >= 0.6 is 11.8 Å². The number of ketones is 4. The van der Waals surface area contributed by atoms with Crippen LogP contribution in [0.2, 0.25) is 0 Å². The van der Waals surface area contributed by atoms with Crippen LogP contribution in [0.25, 0.3) is 6.08 Å². The third kappa shape index (κ3) is 25.6. The molecule has 0 spiro atoms. The first-order chi connectivity index (χ1) is 42.9. The molecule has 0 aliphatic rings. The van der Waals surface area contributed by atoms with Crippen molar-refractivity contribution in [2.45, 2.75) is 188 Å². The first kappa shape index (κ1) is 77.7. The number of carbonyl (C=O) groups is 9. The summed E-state index contributed by atoms with van der Waals surface area (Å²) in [5, 5.41) is 32.1. The SMILES string of the molecule is C=Cc1c(C[C@H](CC(=O)[C@H](CCSC)NC(=O)[C@@H](CC(=O)[C@@H](NC(=O)[C@@H](CC(=O)[C@H](Cc2ccccc2)NC(=O)C(CN)(CCCN)CCCN)Cc2ccc(O)cc2)C(C)C)C(C)C)C(=O)N[C@@H](CCCCN)C(=O)C[C@H](CCCCC)C(=O)O)c[nH]c1C. The van der Waals surface area contributed by atoms with Gasteiger partial charge in [0.25, 0.3) is 0 Å². The Bertz CT molecular complexity index is 2750. The molecule has 90 heavy (non-hydrogen) atoms. The number of benzene rings is 2. The lowest BCUT2D eigenvalue weighted by molar-refractivity contribution is -0.144. The van der Waals surface area contributed by atoms with E-state index >= 15 is 0 Å². The van der Waals surface area contributed by atoms with Gasteiger partial charge < -0.3 is 59.4 Å². The molecule has 0 unspecified atom stereocenters. The van der Waals surface area contributed by atoms with Gasteiger partial charge >= 0.3 is 5.97 Å². The molecule has 500 valence electrons. The van der Waals surface area contributed by atoms with E-state index in [4.69, 9.17) is 22.9 Å². The molecular formula is C69H107N9O11S. The zero-order valence-electron chi connectivity index (χ0n) is 54.6. The molecule has 0 fully saturated rings. The summed E-state index contributed by atoms with van der Waals surface area (Å²) in [5.74, 6) is -9.57. The molecule has 0 aliphatic heterocycles. The van der Waals surface area contributed by atoms with Gasteiger partial charge in [-0.15, -0.1) is 0 Å². The Balaban J connectivity index is 1.99. The molecule has 0 saturated heterocycles. The van der Waals surface area contributed by atoms with Gasteiger partial charge in [0, 0.05) is 61.9 Å². The van der Waals surface area contributed by atoms with Gasteiger partial charge in [-0.2, -0.15) is 11.8 Å². The second kappa shape index (κ2) is 41.1. The summed E-state index contributed by atoms with van der Waals surface area (Å²) >= 11 is 1.46. The number of aromatic nitrogens is 1. The molecule has 3 aromatic rings. The molecule has 3 rings (SSSR count). The van der Waals surface area contributed by atoms with E-state index in [-0.39, 0.29) is 70.1 Å². The maximum Gasteiger partial charge on any atom is 0.306 e. The van der Waals surface area contributed by atoms with Crippen LogP contribution in [0.1, 0.15) is 165 Å². The van der Waals surface area contributed by atoms with Gasteiger partial charge in [-0.3, -0.25) is 43.2 Å². The van der Waals surface area contributed by atoms with Crippen molar-refractivity contribution in [3.8, 4) is 5.75 Å². The number of aromatic amines is 1. The van der Waals surface area contributed by atoms with Crippen LogP contribution in [0.3, 0.4) is 0 Å². The summed E-state index contributed by atoms with van der Waals surface area (Å²) in [7, 11) is 0. The molecular weight excluding hydrogens is 1160 g/mol. The van der Waals surface area contributed by atoms with Gasteiger partial charge in [-0.05, 0) is 162 Å². The minimum atomic E-state index is -1.13. The first-order valence-electron chi connectivity index (χ1n) is 32.4. The first-order valence-corrected chi connectivity index (χ1v) is 33.8. The fourth-order valence-electron chi connectivity index (χ4n) is 11.6. The number of rotatable bonds is 48. The minimum Gasteiger partial charge on any atom is -0.508 e. The number of nitrogens with two attached hydrogens (primary N) is 4. The number of hydrogen-bond acceptors (Lipinski definition) is 15. The van der Waals surface area contributed by atoms with E-state index < -0.39 is 118 Å². The van der Waals surface area contributed by atoms with Crippen LogP contribution < -0.4 is 44.2 Å². The third-order valence-corrected chi connectivity index (χ3v) is 17.9. The number of nitrogens with one attached hydrogen (secondary N) is 5. The molecule has 8 atom stereocenters. The molecule has 0 bridgehead atoms. The summed E-state index contributed by atoms with van der Waals surface area (Å²) in [6.07, 6.45) is 10.0. The maximum absolute atomic E-state index is 14.9. The summed E-state index contributed by atoms with van der Waals surface area (Å²) in [5.41, 5.74) is 26.5. The monoisotopic (exact) mass is 1270 g/mol. The quantitative estimate of drug-likeness (QED) is 0.0248. The van der Waals surface area contributed by atoms with Gasteiger partial charge in [0.1, 0.15) is 5.75 Å². The number of H-pyrrole nitrogens is 1. The molecule has 15 N–H and O–H groups in total. The van der Waals surface area contributed by atoms with E-state index in [0.717, 1.165) is 29.7 Å². The number of hydrogen-bond donors (Lipinski definition) is 11. The molecule has 20 nitrogen and oxygen atoms in total. The van der Waals surface area contributed by atoms with Crippen LogP contribution in [0.5, 0.6) is 5.75 Å². The zero-order chi connectivity index (χ0) is 66.9. The van der Waals surface area contributed by atoms with Crippen molar-refractivity contribution in [3.05, 3.63) is 95.3 Å². The number of aliphatic carboxylic acids is 1. The molecule has 0 radical (unpaired) electrons. The van der Waals surface area contributed by atoms with Crippen LogP contribution in [0.4, 0.5) is 0 Å². The Hall–Kier alpha value is -6.52. The highest BCUT2D eigenvalue weighted by molar-refractivity contribution is 7.98. The average Bonchev–Trinajstić information content (AvgIpc) is 2.05. The number of phenolic OH excluding ortho intramolecular Hbond substituents is 1. The number of Topliss-reactive ketones (excluding diaryl/α,β-unsaturated/α-hetero) is 4. The topological polar surface area (TPSA) is 362 Å². The summed E-state index contributed by atoms with van der Waals surface area (Å²) < 4.78 is 0. The van der Waals surface area contributed by atoms with E-state index in [9.17, 15) is 53.4 Å². The smallest absolute Gasteiger partial charge is 0.306 e. The molecule has 0 aliphatic carbocycles. The molecule has 4 amide bonds. The number of unbranched alkanes of at least 4 members (excludes halogenated alkanes) is 3. The second-order valence-corrected chi connectivity index (χ2v) is 26.0. The van der Waals surface area contributed by atoms with Crippen molar-refractivity contribution >= 4 is 70.6 Å². The van der Waals surface area contributed by atoms with Gasteiger partial charge in [-0.1, -0.05) is 109 Å². The minimum absolute atomic E-state index is 0.00384. The Kier molecular flexibility index (Phi) is 35.5. The highest BCUT2D eigenvalue weighted by Crippen LogP contribution is 2.31. The van der Waals surface area contributed by atoms with Crippen LogP contribution in [0.15, 0.2) is 67.4 Å². The van der Waals surface area contributed by atoms with Crippen LogP contribution in [-0.4, -0.2) is 130 Å². The number of aromatic hydroxyl groups is 1. The summed E-state index contributed by atoms with van der Waals surface area (Å²) in [6.45, 7) is 15.9. The van der Waals surface area contributed by atoms with Crippen molar-refractivity contribution in [1.82, 2.24) is 26.3 Å². The standard InChI is InChI=1S/C69H107N9O11S/c1-9-11-13-22-49(67(87)88)38-59(80)56(23-16-17-31-70)75-64(84)51(37-52-42-74-46(7)54(52)10-2)40-60(81)57(28-34-90-8)76-66(86)55(44(3)4)41-62(83)63(45(5)6)78-65(85)50(35-48-24-26-53(79)27-25-48)39-61(82)58(36-47-20-14-12-15-21-47)77-68(89)69(43-73,29-18-32-71)30-19-33-72/h10,12,14-15,20-21,24-27,42,44-45,49-51,55-58,63,74,79H,2,9,11,13,16-19,22-23,28-41,43,70-73H2,1,3-8H3,(H,75,84)(H,76,86)(H,77,89)(H,78,85)(H,87,88)/t49-,50+,51+,55-,56-,57-,58-,63-/m0/s1. The van der Waals surface area contributed by atoms with Crippen molar-refractivity contribution in [2.75, 3.05) is 38.2 Å². The van der Waals surface area contributed by atoms with Gasteiger partial charge in [0.15, 0.2) is 23.1 Å². The third-order valence-electron chi connectivity index (χ3n) is 17.3. The van der Waals surface area contributed by atoms with Crippen molar-refractivity contribution in [1.29, 1.82) is 0 Å². The molecule has 21 heteroatoms. The van der Waals surface area contributed by atoms with E-state index in [2.05, 4.69) is 32.8 Å². The van der Waals surface area contributed by atoms with E-state index in [1.54, 1.807) is 52.1 Å². The Morgan fingerprint density at radius 3 is 1.70 bits per heavy atom. The van der Waals surface area contributed by atoms with E-state index in [0.29, 0.717) is 87.9 Å². The summed E-state index contributed by atoms with van der Waals surface area (Å²) in [4.78, 5) is 133. The van der Waals surface area contributed by atoms with E-state index in [1.807, 2.05) is 50.4 Å². The molecule has 1 aromatic heterocycles. The number of aryl methyl sites for hydroxylation is 1. The largest absolute Gasteiger partial charge is 0.508 e. The number of phenols is 1. The molecule has 1 heterocycles. The number of carbonyl (C=O) groups excluding carboxylic acids is 8. The highest BCUT2D eigenvalue weighted by atomic mass is 32.2. The molecule has 2 aromatic carbocycles. The highest BCUT2D eigenvalue weighted by Gasteiger charge is 2.40. The predicted octanol–water partition coefficient (Wildman–Crippen LogP) is 7.22. The summed E-state index contributed by atoms with van der Waals surface area (Å²) in [6, 6.07) is 11.0. The average molecular weight is 1270 g/mol. The Morgan fingerprint density at radius 1 is 0.611 bits per heavy atom. The Morgan fingerprint density at radius 2 is 1.16 bits per heavy atom. The normalized spacial score (nSPS) is 14.3. The number of carboxylic acid groups (broad SMARTS) is 1. The molecule has 0 saturated carbocycles. The van der Waals surface area contributed by atoms with Gasteiger partial charge in [0.05, 0.1) is 35.5 Å². The number of thioether (sulfide) groups is 1. The maximum atomic E-state index is 14.9. The number of amides is 4. The lowest BCUT2D eigenvalue weighted by atomic mass is 9.77. The second-order valence-electron chi connectivity index (χ2n) is 25.0. The van der Waals surface area contributed by atoms with Crippen LogP contribution in [0, 0.1) is 47.8 Å². The van der Waals surface area contributed by atoms with E-state index in [1.165, 1.54) is 23.9 Å². The predicted molar refractivity (Wildman–Crippen MR) is 357 cm³/mol. The Labute approximate surface area is 538 Å². The van der Waals surface area contributed by atoms with Crippen molar-refractivity contribution in [2.24, 2.45) is 63.9 Å². The fourth-order valence-corrected chi connectivity index (χ4v) is 12.0. The lowest BCUT2D eigenvalue weighted by Crippen LogP contribution is -2.53. The van der Waals surface area contributed by atoms with Gasteiger partial charge in [-0.25, -0.2) is 0 Å². The number of carboxylic acids is 1.